The SMILES string of the molecule is CCCCN=c1nc2ccccc2c2c3[nH]c4ccccc4c3ccn12. The quantitative estimate of drug-likeness (QED) is 0.371. The summed E-state index contributed by atoms with van der Waals surface area (Å²) in [4.78, 5) is 13.2. The second-order valence-corrected chi connectivity index (χ2v) is 6.66. The molecule has 0 aliphatic carbocycles. The molecule has 0 aliphatic heterocycles. The van der Waals surface area contributed by atoms with Crippen molar-refractivity contribution in [2.45, 2.75) is 19.8 Å². The first-order valence-corrected chi connectivity index (χ1v) is 9.18. The Labute approximate surface area is 150 Å². The number of nitrogens with zero attached hydrogens (tertiary/aromatic N) is 3. The van der Waals surface area contributed by atoms with E-state index in [1.807, 2.05) is 6.07 Å². The summed E-state index contributed by atoms with van der Waals surface area (Å²) in [5.74, 6) is 0. The number of fused-ring (bicyclic) bond motifs is 7. The number of rotatable bonds is 3. The average molecular weight is 340 g/mol. The third-order valence-corrected chi connectivity index (χ3v) is 4.97. The van der Waals surface area contributed by atoms with Crippen LogP contribution in [0.3, 0.4) is 0 Å². The molecule has 0 spiro atoms. The molecule has 5 rings (SSSR count). The van der Waals surface area contributed by atoms with Gasteiger partial charge in [-0.3, -0.25) is 9.39 Å². The number of hydrogen-bond donors (Lipinski definition) is 1. The number of nitrogens with one attached hydrogen (secondary N) is 1. The van der Waals surface area contributed by atoms with E-state index in [9.17, 15) is 0 Å². The molecular formula is C22H20N4. The van der Waals surface area contributed by atoms with Crippen molar-refractivity contribution in [3.8, 4) is 0 Å². The Kier molecular flexibility index (Phi) is 3.49. The van der Waals surface area contributed by atoms with Crippen molar-refractivity contribution in [1.29, 1.82) is 0 Å². The normalized spacial score (nSPS) is 12.7. The summed E-state index contributed by atoms with van der Waals surface area (Å²) in [7, 11) is 0. The number of aromatic nitrogens is 3. The van der Waals surface area contributed by atoms with Crippen LogP contribution in [0.4, 0.5) is 0 Å². The van der Waals surface area contributed by atoms with E-state index in [2.05, 4.69) is 71.0 Å². The number of H-pyrrole nitrogens is 1. The molecule has 0 aliphatic rings. The van der Waals surface area contributed by atoms with E-state index >= 15 is 0 Å². The van der Waals surface area contributed by atoms with E-state index in [-0.39, 0.29) is 0 Å². The Hall–Kier alpha value is -3.14. The van der Waals surface area contributed by atoms with Crippen LogP contribution in [0, 0.1) is 0 Å². The highest BCUT2D eigenvalue weighted by molar-refractivity contribution is 6.16. The molecule has 128 valence electrons. The molecule has 0 fully saturated rings. The molecule has 0 saturated carbocycles. The second kappa shape index (κ2) is 5.99. The van der Waals surface area contributed by atoms with Gasteiger partial charge in [-0.1, -0.05) is 49.7 Å². The molecule has 1 N–H and O–H groups in total. The molecule has 5 aromatic rings. The molecule has 26 heavy (non-hydrogen) atoms. The summed E-state index contributed by atoms with van der Waals surface area (Å²) in [6.45, 7) is 2.98. The summed E-state index contributed by atoms with van der Waals surface area (Å²) in [5, 5.41) is 3.62. The van der Waals surface area contributed by atoms with Crippen molar-refractivity contribution in [2.24, 2.45) is 4.99 Å². The summed E-state index contributed by atoms with van der Waals surface area (Å²) in [5.41, 5.74) is 5.18. The molecule has 0 amide bonds. The Morgan fingerprint density at radius 2 is 1.77 bits per heavy atom. The first-order valence-electron chi connectivity index (χ1n) is 9.18. The third-order valence-electron chi connectivity index (χ3n) is 4.97. The van der Waals surface area contributed by atoms with Gasteiger partial charge in [-0.05, 0) is 24.6 Å². The van der Waals surface area contributed by atoms with Gasteiger partial charge in [0.2, 0.25) is 5.62 Å². The predicted molar refractivity (Wildman–Crippen MR) is 107 cm³/mol. The van der Waals surface area contributed by atoms with Gasteiger partial charge in [0, 0.05) is 34.4 Å². The molecule has 0 unspecified atom stereocenters. The van der Waals surface area contributed by atoms with Crippen LogP contribution in [0.5, 0.6) is 0 Å². The fourth-order valence-corrected chi connectivity index (χ4v) is 3.68. The second-order valence-electron chi connectivity index (χ2n) is 6.66. The van der Waals surface area contributed by atoms with Gasteiger partial charge in [0.15, 0.2) is 0 Å². The average Bonchev–Trinajstić information content (AvgIpc) is 3.07. The van der Waals surface area contributed by atoms with Gasteiger partial charge in [0.25, 0.3) is 0 Å². The number of para-hydroxylation sites is 2. The van der Waals surface area contributed by atoms with Crippen molar-refractivity contribution >= 4 is 38.2 Å². The molecule has 0 radical (unpaired) electrons. The Bertz CT molecular complexity index is 1320. The Morgan fingerprint density at radius 1 is 0.962 bits per heavy atom. The Morgan fingerprint density at radius 3 is 2.65 bits per heavy atom. The highest BCUT2D eigenvalue weighted by atomic mass is 15.0. The number of pyridine rings is 1. The van der Waals surface area contributed by atoms with Crippen molar-refractivity contribution < 1.29 is 0 Å². The van der Waals surface area contributed by atoms with Crippen LogP contribution in [0.1, 0.15) is 19.8 Å². The zero-order valence-electron chi connectivity index (χ0n) is 14.7. The molecule has 0 atom stereocenters. The van der Waals surface area contributed by atoms with E-state index in [4.69, 9.17) is 9.98 Å². The van der Waals surface area contributed by atoms with E-state index in [0.29, 0.717) is 0 Å². The van der Waals surface area contributed by atoms with Crippen LogP contribution >= 0.6 is 0 Å². The van der Waals surface area contributed by atoms with Crippen molar-refractivity contribution in [2.75, 3.05) is 6.54 Å². The maximum absolute atomic E-state index is 4.82. The molecular weight excluding hydrogens is 320 g/mol. The molecule has 4 nitrogen and oxygen atoms in total. The van der Waals surface area contributed by atoms with Gasteiger partial charge in [0.05, 0.1) is 16.6 Å². The zero-order chi connectivity index (χ0) is 17.5. The maximum Gasteiger partial charge on any atom is 0.230 e. The minimum atomic E-state index is 0.771. The zero-order valence-corrected chi connectivity index (χ0v) is 14.7. The predicted octanol–water partition coefficient (Wildman–Crippen LogP) is 4.82. The van der Waals surface area contributed by atoms with E-state index in [1.165, 1.54) is 10.8 Å². The first-order chi connectivity index (χ1) is 12.9. The molecule has 0 saturated heterocycles. The number of benzene rings is 2. The summed E-state index contributed by atoms with van der Waals surface area (Å²) in [6.07, 6.45) is 4.30. The monoisotopic (exact) mass is 340 g/mol. The minimum absolute atomic E-state index is 0.771. The van der Waals surface area contributed by atoms with Crippen LogP contribution in [0.15, 0.2) is 65.8 Å². The highest BCUT2D eigenvalue weighted by Crippen LogP contribution is 2.30. The summed E-state index contributed by atoms with van der Waals surface area (Å²) >= 11 is 0. The lowest BCUT2D eigenvalue weighted by Crippen LogP contribution is -2.20. The fourth-order valence-electron chi connectivity index (χ4n) is 3.68. The lowest BCUT2D eigenvalue weighted by Gasteiger charge is -2.08. The molecule has 3 aromatic heterocycles. The van der Waals surface area contributed by atoms with Crippen molar-refractivity contribution in [3.05, 3.63) is 66.4 Å². The topological polar surface area (TPSA) is 45.5 Å². The molecule has 3 heterocycles. The molecule has 2 aromatic carbocycles. The summed E-state index contributed by atoms with van der Waals surface area (Å²) < 4.78 is 2.12. The van der Waals surface area contributed by atoms with Gasteiger partial charge in [-0.15, -0.1) is 0 Å². The fraction of sp³-hybridized carbons (Fsp3) is 0.182. The number of aromatic amines is 1. The van der Waals surface area contributed by atoms with Crippen LogP contribution in [0.25, 0.3) is 38.2 Å². The van der Waals surface area contributed by atoms with Crippen LogP contribution < -0.4 is 5.62 Å². The van der Waals surface area contributed by atoms with Crippen molar-refractivity contribution in [3.63, 3.8) is 0 Å². The Balaban J connectivity index is 1.99. The lowest BCUT2D eigenvalue weighted by atomic mass is 10.1. The van der Waals surface area contributed by atoms with Crippen LogP contribution in [-0.4, -0.2) is 20.9 Å². The van der Waals surface area contributed by atoms with E-state index in [1.54, 1.807) is 0 Å². The largest absolute Gasteiger partial charge is 0.353 e. The van der Waals surface area contributed by atoms with Gasteiger partial charge in [-0.25, -0.2) is 4.98 Å². The smallest absolute Gasteiger partial charge is 0.230 e. The standard InChI is InChI=1S/C22H20N4/c1-2-3-13-23-22-25-19-11-7-5-9-17(19)21-20-16(12-14-26(21)22)15-8-4-6-10-18(15)24-20/h4-12,14,24H,2-3,13H2,1H3. The van der Waals surface area contributed by atoms with E-state index < -0.39 is 0 Å². The first kappa shape index (κ1) is 15.1. The van der Waals surface area contributed by atoms with Crippen molar-refractivity contribution in [1.82, 2.24) is 14.4 Å². The van der Waals surface area contributed by atoms with Gasteiger partial charge < -0.3 is 4.98 Å². The van der Waals surface area contributed by atoms with Crippen LogP contribution in [0.2, 0.25) is 0 Å². The minimum Gasteiger partial charge on any atom is -0.353 e. The number of unbranched alkanes of at least 4 members (excludes halogenated alkanes) is 1. The summed E-state index contributed by atoms with van der Waals surface area (Å²) in [6, 6.07) is 18.9. The van der Waals surface area contributed by atoms with Gasteiger partial charge >= 0.3 is 0 Å². The molecule has 4 heteroatoms. The van der Waals surface area contributed by atoms with Crippen LogP contribution in [-0.2, 0) is 0 Å². The maximum atomic E-state index is 4.82. The lowest BCUT2D eigenvalue weighted by molar-refractivity contribution is 0.770. The highest BCUT2D eigenvalue weighted by Gasteiger charge is 2.11. The van der Waals surface area contributed by atoms with E-state index in [0.717, 1.165) is 52.5 Å². The van der Waals surface area contributed by atoms with Gasteiger partial charge in [0.1, 0.15) is 0 Å². The molecule has 0 bridgehead atoms. The van der Waals surface area contributed by atoms with Gasteiger partial charge in [-0.2, -0.15) is 0 Å². The third kappa shape index (κ3) is 2.22. The number of hydrogen-bond acceptors (Lipinski definition) is 2.